The number of benzene rings is 2. The second-order valence-electron chi connectivity index (χ2n) is 8.26. The van der Waals surface area contributed by atoms with Crippen LogP contribution in [0.3, 0.4) is 0 Å². The summed E-state index contributed by atoms with van der Waals surface area (Å²) in [5, 5.41) is 12.6. The molecule has 0 saturated heterocycles. The SMILES string of the molecule is Cc1cc(C(=O)O)cc(CNCc2ncc(CCc3ccccc3)n2Cc2ccc(F)cc2)n1. The van der Waals surface area contributed by atoms with Gasteiger partial charge in [-0.1, -0.05) is 42.5 Å². The van der Waals surface area contributed by atoms with Gasteiger partial charge in [-0.05, 0) is 55.2 Å². The van der Waals surface area contributed by atoms with E-state index >= 15 is 0 Å². The number of hydrogen-bond donors (Lipinski definition) is 2. The van der Waals surface area contributed by atoms with Crippen molar-refractivity contribution in [1.82, 2.24) is 19.9 Å². The molecule has 2 N–H and O–H groups in total. The van der Waals surface area contributed by atoms with Crippen molar-refractivity contribution < 1.29 is 14.3 Å². The van der Waals surface area contributed by atoms with E-state index in [1.165, 1.54) is 17.7 Å². The van der Waals surface area contributed by atoms with Crippen molar-refractivity contribution in [3.05, 3.63) is 118 Å². The monoisotopic (exact) mass is 458 g/mol. The van der Waals surface area contributed by atoms with Crippen molar-refractivity contribution in [3.63, 3.8) is 0 Å². The van der Waals surface area contributed by atoms with Gasteiger partial charge in [-0.2, -0.15) is 0 Å². The van der Waals surface area contributed by atoms with Crippen LogP contribution in [0.1, 0.15) is 44.4 Å². The highest BCUT2D eigenvalue weighted by atomic mass is 19.1. The van der Waals surface area contributed by atoms with Gasteiger partial charge in [-0.15, -0.1) is 0 Å². The number of hydrogen-bond acceptors (Lipinski definition) is 4. The molecule has 2 aromatic heterocycles. The largest absolute Gasteiger partial charge is 0.478 e. The van der Waals surface area contributed by atoms with Crippen LogP contribution in [0.2, 0.25) is 0 Å². The lowest BCUT2D eigenvalue weighted by Crippen LogP contribution is -2.19. The molecule has 0 atom stereocenters. The van der Waals surface area contributed by atoms with E-state index in [4.69, 9.17) is 0 Å². The zero-order chi connectivity index (χ0) is 23.9. The van der Waals surface area contributed by atoms with Crippen molar-refractivity contribution in [1.29, 1.82) is 0 Å². The Morgan fingerprint density at radius 2 is 1.76 bits per heavy atom. The third-order valence-electron chi connectivity index (χ3n) is 5.63. The molecule has 2 aromatic carbocycles. The van der Waals surface area contributed by atoms with Gasteiger partial charge in [0.2, 0.25) is 0 Å². The summed E-state index contributed by atoms with van der Waals surface area (Å²) in [5.41, 5.74) is 4.91. The molecule has 4 aromatic rings. The minimum atomic E-state index is -0.968. The topological polar surface area (TPSA) is 80.0 Å². The molecule has 0 aliphatic rings. The Kier molecular flexibility index (Phi) is 7.44. The first-order chi connectivity index (χ1) is 16.5. The summed E-state index contributed by atoms with van der Waals surface area (Å²) >= 11 is 0. The molecule has 4 rings (SSSR count). The van der Waals surface area contributed by atoms with Gasteiger partial charge in [-0.3, -0.25) is 4.98 Å². The summed E-state index contributed by atoms with van der Waals surface area (Å²) in [5.74, 6) is -0.366. The van der Waals surface area contributed by atoms with Crippen molar-refractivity contribution in [3.8, 4) is 0 Å². The molecule has 0 bridgehead atoms. The quantitative estimate of drug-likeness (QED) is 0.365. The molecule has 2 heterocycles. The summed E-state index contributed by atoms with van der Waals surface area (Å²) in [6.07, 6.45) is 3.63. The minimum absolute atomic E-state index is 0.227. The molecule has 6 nitrogen and oxygen atoms in total. The highest BCUT2D eigenvalue weighted by Gasteiger charge is 2.12. The maximum Gasteiger partial charge on any atom is 0.335 e. The Morgan fingerprint density at radius 3 is 2.50 bits per heavy atom. The van der Waals surface area contributed by atoms with Crippen LogP contribution < -0.4 is 5.32 Å². The van der Waals surface area contributed by atoms with E-state index in [1.54, 1.807) is 31.2 Å². The zero-order valence-corrected chi connectivity index (χ0v) is 19.0. The summed E-state index contributed by atoms with van der Waals surface area (Å²) in [6, 6.07) is 20.0. The molecule has 7 heteroatoms. The molecular weight excluding hydrogens is 431 g/mol. The van der Waals surface area contributed by atoms with Crippen LogP contribution in [0.25, 0.3) is 0 Å². The molecule has 34 heavy (non-hydrogen) atoms. The van der Waals surface area contributed by atoms with Gasteiger partial charge in [-0.25, -0.2) is 14.2 Å². The number of carboxylic acids is 1. The van der Waals surface area contributed by atoms with E-state index in [0.717, 1.165) is 29.9 Å². The molecule has 174 valence electrons. The number of pyridine rings is 1. The number of aromatic carboxylic acids is 1. The molecule has 0 unspecified atom stereocenters. The van der Waals surface area contributed by atoms with E-state index in [9.17, 15) is 14.3 Å². The lowest BCUT2D eigenvalue weighted by molar-refractivity contribution is 0.0696. The summed E-state index contributed by atoms with van der Waals surface area (Å²) < 4.78 is 15.6. The Labute approximate surface area is 198 Å². The Morgan fingerprint density at radius 1 is 1.00 bits per heavy atom. The average Bonchev–Trinajstić information content (AvgIpc) is 3.20. The van der Waals surface area contributed by atoms with E-state index in [0.29, 0.717) is 31.0 Å². The average molecular weight is 459 g/mol. The Hall–Kier alpha value is -3.84. The summed E-state index contributed by atoms with van der Waals surface area (Å²) in [7, 11) is 0. The molecule has 0 aliphatic carbocycles. The highest BCUT2D eigenvalue weighted by Crippen LogP contribution is 2.15. The van der Waals surface area contributed by atoms with Crippen LogP contribution >= 0.6 is 0 Å². The molecule has 0 saturated carbocycles. The van der Waals surface area contributed by atoms with Crippen LogP contribution in [-0.2, 0) is 32.5 Å². The van der Waals surface area contributed by atoms with Crippen LogP contribution in [0.5, 0.6) is 0 Å². The smallest absolute Gasteiger partial charge is 0.335 e. The molecule has 0 radical (unpaired) electrons. The third-order valence-corrected chi connectivity index (χ3v) is 5.63. The van der Waals surface area contributed by atoms with E-state index in [2.05, 4.69) is 32.0 Å². The molecular formula is C27H27FN4O2. The number of carbonyl (C=O) groups is 1. The molecule has 0 fully saturated rings. The van der Waals surface area contributed by atoms with Crippen molar-refractivity contribution in [2.45, 2.75) is 39.4 Å². The molecule has 0 aliphatic heterocycles. The lowest BCUT2D eigenvalue weighted by Gasteiger charge is -2.13. The van der Waals surface area contributed by atoms with Crippen molar-refractivity contribution >= 4 is 5.97 Å². The number of carboxylic acid groups (broad SMARTS) is 1. The minimum Gasteiger partial charge on any atom is -0.478 e. The van der Waals surface area contributed by atoms with Crippen molar-refractivity contribution in [2.24, 2.45) is 0 Å². The summed E-state index contributed by atoms with van der Waals surface area (Å²) in [4.78, 5) is 20.4. The zero-order valence-electron chi connectivity index (χ0n) is 19.0. The Bertz CT molecular complexity index is 1250. The fourth-order valence-electron chi connectivity index (χ4n) is 3.93. The number of nitrogens with zero attached hydrogens (tertiary/aromatic N) is 3. The fraction of sp³-hybridized carbons (Fsp3) is 0.222. The normalized spacial score (nSPS) is 11.0. The first kappa shape index (κ1) is 23.3. The van der Waals surface area contributed by atoms with Crippen LogP contribution in [-0.4, -0.2) is 25.6 Å². The first-order valence-corrected chi connectivity index (χ1v) is 11.2. The molecule has 0 amide bonds. The number of nitrogens with one attached hydrogen (secondary N) is 1. The predicted molar refractivity (Wildman–Crippen MR) is 128 cm³/mol. The third kappa shape index (κ3) is 6.14. The number of halogens is 1. The maximum absolute atomic E-state index is 13.4. The van der Waals surface area contributed by atoms with Gasteiger partial charge in [0.1, 0.15) is 11.6 Å². The van der Waals surface area contributed by atoms with Gasteiger partial charge >= 0.3 is 5.97 Å². The predicted octanol–water partition coefficient (Wildman–Crippen LogP) is 4.55. The van der Waals surface area contributed by atoms with Gasteiger partial charge in [0.15, 0.2) is 0 Å². The standard InChI is InChI=1S/C27H27FN4O2/c1-19-13-22(27(33)34)14-24(31-19)15-29-17-26-30-16-25(12-9-20-5-3-2-4-6-20)32(26)18-21-7-10-23(28)11-8-21/h2-8,10-11,13-14,16,29H,9,12,15,17-18H2,1H3,(H,33,34). The molecule has 0 spiro atoms. The maximum atomic E-state index is 13.4. The number of imidazole rings is 1. The summed E-state index contributed by atoms with van der Waals surface area (Å²) in [6.45, 7) is 3.28. The number of aryl methyl sites for hydroxylation is 3. The van der Waals surface area contributed by atoms with Crippen LogP contribution in [0, 0.1) is 12.7 Å². The van der Waals surface area contributed by atoms with E-state index in [-0.39, 0.29) is 11.4 Å². The van der Waals surface area contributed by atoms with Gasteiger partial charge in [0, 0.05) is 30.7 Å². The Balaban J connectivity index is 1.49. The first-order valence-electron chi connectivity index (χ1n) is 11.2. The van der Waals surface area contributed by atoms with Gasteiger partial charge in [0.05, 0.1) is 17.8 Å². The highest BCUT2D eigenvalue weighted by molar-refractivity contribution is 5.87. The fourth-order valence-corrected chi connectivity index (χ4v) is 3.93. The second kappa shape index (κ2) is 10.9. The van der Waals surface area contributed by atoms with Crippen LogP contribution in [0.4, 0.5) is 4.39 Å². The second-order valence-corrected chi connectivity index (χ2v) is 8.26. The van der Waals surface area contributed by atoms with Crippen molar-refractivity contribution in [2.75, 3.05) is 0 Å². The van der Waals surface area contributed by atoms with Gasteiger partial charge < -0.3 is 15.0 Å². The number of aromatic nitrogens is 3. The van der Waals surface area contributed by atoms with E-state index < -0.39 is 5.97 Å². The van der Waals surface area contributed by atoms with Gasteiger partial charge in [0.25, 0.3) is 0 Å². The van der Waals surface area contributed by atoms with E-state index in [1.807, 2.05) is 24.4 Å². The lowest BCUT2D eigenvalue weighted by atomic mass is 10.1. The number of rotatable bonds is 10. The van der Waals surface area contributed by atoms with Crippen LogP contribution in [0.15, 0.2) is 72.9 Å².